The molecule has 2 aliphatic heterocycles. The van der Waals surface area contributed by atoms with Gasteiger partial charge in [0.25, 0.3) is 0 Å². The smallest absolute Gasteiger partial charge is 0.387 e. The molecular weight excluding hydrogens is 484 g/mol. The number of benzene rings is 1. The molecule has 0 unspecified atom stereocenters. The van der Waals surface area contributed by atoms with Gasteiger partial charge in [0.2, 0.25) is 21.8 Å². The first-order chi connectivity index (χ1) is 16.7. The van der Waals surface area contributed by atoms with Crippen LogP contribution in [-0.4, -0.2) is 88.0 Å². The van der Waals surface area contributed by atoms with Crippen molar-refractivity contribution < 1.29 is 31.5 Å². The lowest BCUT2D eigenvalue weighted by Crippen LogP contribution is -2.57. The van der Waals surface area contributed by atoms with Crippen molar-refractivity contribution in [2.24, 2.45) is 5.73 Å². The zero-order valence-corrected chi connectivity index (χ0v) is 20.2. The normalized spacial score (nSPS) is 20.9. The minimum Gasteiger partial charge on any atom is -0.431 e. The number of sulfonamides is 1. The van der Waals surface area contributed by atoms with Gasteiger partial charge < -0.3 is 20.3 Å². The van der Waals surface area contributed by atoms with E-state index in [1.807, 2.05) is 0 Å². The van der Waals surface area contributed by atoms with Crippen molar-refractivity contribution in [3.05, 3.63) is 18.2 Å². The maximum absolute atomic E-state index is 13.3. The average Bonchev–Trinajstić information content (AvgIpc) is 3.68. The summed E-state index contributed by atoms with van der Waals surface area (Å²) in [6, 6.07) is 3.12. The number of ether oxygens (including phenoxy) is 1. The Hall–Kier alpha value is -2.35. The van der Waals surface area contributed by atoms with Crippen LogP contribution in [-0.2, 0) is 19.6 Å². The summed E-state index contributed by atoms with van der Waals surface area (Å²) in [5.41, 5.74) is 5.69. The van der Waals surface area contributed by atoms with E-state index in [1.54, 1.807) is 4.90 Å². The molecule has 0 aromatic heterocycles. The number of carbonyl (C=O) groups is 2. The van der Waals surface area contributed by atoms with Crippen molar-refractivity contribution >= 4 is 27.5 Å². The molecule has 1 aliphatic carbocycles. The van der Waals surface area contributed by atoms with Crippen molar-refractivity contribution in [1.82, 2.24) is 14.5 Å². The van der Waals surface area contributed by atoms with E-state index in [9.17, 15) is 26.8 Å². The average molecular weight is 516 g/mol. The Morgan fingerprint density at radius 1 is 1.14 bits per heavy atom. The third-order valence-corrected chi connectivity index (χ3v) is 8.08. The Labute approximate surface area is 203 Å². The summed E-state index contributed by atoms with van der Waals surface area (Å²) in [4.78, 5) is 30.0. The number of nitrogens with one attached hydrogen (secondary N) is 1. The van der Waals surface area contributed by atoms with Gasteiger partial charge in [-0.1, -0.05) is 6.07 Å². The molecule has 10 nitrogen and oxygen atoms in total. The highest BCUT2D eigenvalue weighted by Gasteiger charge is 2.36. The van der Waals surface area contributed by atoms with Crippen molar-refractivity contribution in [3.8, 4) is 5.75 Å². The van der Waals surface area contributed by atoms with Gasteiger partial charge in [-0.2, -0.15) is 13.5 Å². The molecule has 4 rings (SSSR count). The van der Waals surface area contributed by atoms with Crippen LogP contribution < -0.4 is 20.1 Å². The Bertz CT molecular complexity index is 1040. The van der Waals surface area contributed by atoms with E-state index >= 15 is 0 Å². The second-order valence-corrected chi connectivity index (χ2v) is 10.7. The topological polar surface area (TPSA) is 125 Å². The fourth-order valence-corrected chi connectivity index (χ4v) is 5.97. The van der Waals surface area contributed by atoms with Gasteiger partial charge in [0.05, 0.1) is 5.69 Å². The van der Waals surface area contributed by atoms with Crippen molar-refractivity contribution in [1.29, 1.82) is 0 Å². The van der Waals surface area contributed by atoms with E-state index in [4.69, 9.17) is 5.73 Å². The predicted octanol–water partition coefficient (Wildman–Crippen LogP) is 0.717. The molecule has 0 bridgehead atoms. The van der Waals surface area contributed by atoms with Crippen LogP contribution >= 0.6 is 0 Å². The molecule has 194 valence electrons. The number of hydrogen-bond donors (Lipinski definition) is 2. The Kier molecular flexibility index (Phi) is 7.89. The summed E-state index contributed by atoms with van der Waals surface area (Å²) < 4.78 is 60.1. The third-order valence-electron chi connectivity index (χ3n) is 6.59. The Balaban J connectivity index is 1.56. The van der Waals surface area contributed by atoms with Gasteiger partial charge in [-0.05, 0) is 37.8 Å². The molecule has 13 heteroatoms. The molecule has 3 aliphatic rings. The summed E-state index contributed by atoms with van der Waals surface area (Å²) in [5, 5.41) is 0. The first kappa shape index (κ1) is 25.7. The summed E-state index contributed by atoms with van der Waals surface area (Å²) in [7, 11) is -4.51. The summed E-state index contributed by atoms with van der Waals surface area (Å²) in [6.07, 6.45) is 3.84. The van der Waals surface area contributed by atoms with Crippen LogP contribution in [0.25, 0.3) is 0 Å². The second kappa shape index (κ2) is 10.7. The zero-order valence-electron chi connectivity index (χ0n) is 19.4. The molecule has 2 heterocycles. The van der Waals surface area contributed by atoms with Gasteiger partial charge in [0, 0.05) is 51.7 Å². The van der Waals surface area contributed by atoms with Crippen LogP contribution in [0, 0.1) is 0 Å². The van der Waals surface area contributed by atoms with Gasteiger partial charge in [-0.15, -0.1) is 0 Å². The number of halogens is 2. The summed E-state index contributed by atoms with van der Waals surface area (Å²) >= 11 is 0. The van der Waals surface area contributed by atoms with Gasteiger partial charge in [0.1, 0.15) is 10.9 Å². The monoisotopic (exact) mass is 515 g/mol. The van der Waals surface area contributed by atoms with E-state index in [0.717, 1.165) is 18.9 Å². The molecule has 1 aromatic rings. The Morgan fingerprint density at radius 3 is 2.46 bits per heavy atom. The van der Waals surface area contributed by atoms with Crippen LogP contribution in [0.3, 0.4) is 0 Å². The lowest BCUT2D eigenvalue weighted by atomic mass is 10.1. The number of carbonyl (C=O) groups excluding carboxylic acids is 2. The summed E-state index contributed by atoms with van der Waals surface area (Å²) in [6.45, 7) is -1.04. The molecule has 3 fully saturated rings. The molecule has 1 atom stereocenters. The first-order valence-electron chi connectivity index (χ1n) is 11.8. The molecule has 3 N–H and O–H groups in total. The first-order valence-corrected chi connectivity index (χ1v) is 13.3. The molecule has 1 aromatic carbocycles. The fraction of sp³-hybridized carbons (Fsp3) is 0.636. The zero-order chi connectivity index (χ0) is 25.2. The SMILES string of the molecule is NC[C@H](NS(=O)(=O)c1cccc(N2CCCCC2=O)c1OC(F)F)C(=O)N1CCN(C2CC2)CC1. The number of para-hydroxylation sites is 1. The molecule has 0 spiro atoms. The number of piperidine rings is 1. The van der Waals surface area contributed by atoms with Crippen molar-refractivity contribution in [2.75, 3.05) is 44.2 Å². The highest BCUT2D eigenvalue weighted by molar-refractivity contribution is 7.89. The molecule has 1 saturated carbocycles. The van der Waals surface area contributed by atoms with Gasteiger partial charge >= 0.3 is 6.61 Å². The lowest BCUT2D eigenvalue weighted by molar-refractivity contribution is -0.134. The van der Waals surface area contributed by atoms with E-state index < -0.39 is 39.2 Å². The second-order valence-electron chi connectivity index (χ2n) is 8.99. The minimum absolute atomic E-state index is 0.0512. The van der Waals surface area contributed by atoms with Crippen LogP contribution in [0.2, 0.25) is 0 Å². The number of hydrogen-bond acceptors (Lipinski definition) is 7. The van der Waals surface area contributed by atoms with E-state index in [-0.39, 0.29) is 31.1 Å². The number of amides is 2. The maximum Gasteiger partial charge on any atom is 0.387 e. The van der Waals surface area contributed by atoms with Gasteiger partial charge in [-0.25, -0.2) is 8.42 Å². The van der Waals surface area contributed by atoms with Crippen LogP contribution in [0.1, 0.15) is 32.1 Å². The van der Waals surface area contributed by atoms with Crippen molar-refractivity contribution in [3.63, 3.8) is 0 Å². The maximum atomic E-state index is 13.3. The lowest BCUT2D eigenvalue weighted by Gasteiger charge is -2.36. The molecular formula is C22H31F2N5O5S. The minimum atomic E-state index is -4.51. The number of alkyl halides is 2. The van der Waals surface area contributed by atoms with Crippen LogP contribution in [0.15, 0.2) is 23.1 Å². The predicted molar refractivity (Wildman–Crippen MR) is 124 cm³/mol. The standard InChI is InChI=1S/C22H31F2N5O5S/c23-22(24)34-20-17(29-9-2-1-6-19(29)30)4-3-5-18(20)35(32,33)26-16(14-25)21(31)28-12-10-27(11-13-28)15-7-8-15/h3-5,15-16,22,26H,1-2,6-14,25H2/t16-/m0/s1. The largest absolute Gasteiger partial charge is 0.431 e. The van der Waals surface area contributed by atoms with E-state index in [2.05, 4.69) is 14.4 Å². The number of nitrogens with two attached hydrogens (primary N) is 1. The number of anilines is 1. The van der Waals surface area contributed by atoms with E-state index in [0.29, 0.717) is 45.1 Å². The fourth-order valence-electron chi connectivity index (χ4n) is 4.61. The number of rotatable bonds is 9. The molecule has 2 amide bonds. The molecule has 0 radical (unpaired) electrons. The van der Waals surface area contributed by atoms with Crippen LogP contribution in [0.5, 0.6) is 5.75 Å². The Morgan fingerprint density at radius 2 is 1.86 bits per heavy atom. The van der Waals surface area contributed by atoms with Crippen LogP contribution in [0.4, 0.5) is 14.5 Å². The highest BCUT2D eigenvalue weighted by Crippen LogP contribution is 2.38. The van der Waals surface area contributed by atoms with Gasteiger partial charge in [-0.3, -0.25) is 14.5 Å². The third kappa shape index (κ3) is 5.90. The quantitative estimate of drug-likeness (QED) is 0.496. The summed E-state index contributed by atoms with van der Waals surface area (Å²) in [5.74, 6) is -1.41. The van der Waals surface area contributed by atoms with Crippen molar-refractivity contribution in [2.45, 2.75) is 55.7 Å². The number of nitrogens with zero attached hydrogens (tertiary/aromatic N) is 3. The van der Waals surface area contributed by atoms with Gasteiger partial charge in [0.15, 0.2) is 5.75 Å². The highest BCUT2D eigenvalue weighted by atomic mass is 32.2. The van der Waals surface area contributed by atoms with E-state index in [1.165, 1.54) is 17.0 Å². The number of piperazine rings is 1. The molecule has 2 saturated heterocycles. The molecule has 35 heavy (non-hydrogen) atoms.